The van der Waals surface area contributed by atoms with Gasteiger partial charge in [0, 0.05) is 4.90 Å². The summed E-state index contributed by atoms with van der Waals surface area (Å²) >= 11 is -0.239. The molecule has 0 radical (unpaired) electrons. The minimum Gasteiger partial charge on any atom is -0.506 e. The molecule has 7 heteroatoms. The molecule has 0 spiro atoms. The molecule has 15 heavy (non-hydrogen) atoms. The van der Waals surface area contributed by atoms with Crippen molar-refractivity contribution in [3.05, 3.63) is 18.5 Å². The maximum Gasteiger partial charge on any atom is 0.446 e. The molecule has 0 atom stereocenters. The van der Waals surface area contributed by atoms with E-state index < -0.39 is 5.51 Å². The fourth-order valence-corrected chi connectivity index (χ4v) is 1.85. The highest BCUT2D eigenvalue weighted by Crippen LogP contribution is 2.40. The maximum absolute atomic E-state index is 12.1. The molecule has 2 aromatic rings. The lowest BCUT2D eigenvalue weighted by molar-refractivity contribution is -0.0327. The van der Waals surface area contributed by atoms with Gasteiger partial charge in [-0.05, 0) is 23.9 Å². The Labute approximate surface area is 86.3 Å². The van der Waals surface area contributed by atoms with E-state index >= 15 is 0 Å². The number of aromatic amines is 1. The van der Waals surface area contributed by atoms with Gasteiger partial charge in [-0.25, -0.2) is 4.98 Å². The first kappa shape index (κ1) is 10.2. The molecule has 80 valence electrons. The summed E-state index contributed by atoms with van der Waals surface area (Å²) in [5.41, 5.74) is -4.02. The van der Waals surface area contributed by atoms with Gasteiger partial charge in [0.2, 0.25) is 0 Å². The number of fused-ring (bicyclic) bond motifs is 1. The molecule has 0 aliphatic carbocycles. The van der Waals surface area contributed by atoms with Crippen LogP contribution in [0, 0.1) is 0 Å². The number of benzene rings is 1. The van der Waals surface area contributed by atoms with Gasteiger partial charge in [0.05, 0.1) is 11.8 Å². The van der Waals surface area contributed by atoms with Gasteiger partial charge in [0.25, 0.3) is 0 Å². The van der Waals surface area contributed by atoms with Crippen molar-refractivity contribution in [2.75, 3.05) is 0 Å². The maximum atomic E-state index is 12.1. The number of rotatable bonds is 1. The van der Waals surface area contributed by atoms with E-state index in [1.165, 1.54) is 18.5 Å². The summed E-state index contributed by atoms with van der Waals surface area (Å²) in [5, 5.41) is 9.31. The van der Waals surface area contributed by atoms with E-state index in [0.717, 1.165) is 0 Å². The Hall–Kier alpha value is -1.37. The number of nitrogens with zero attached hydrogens (tertiary/aromatic N) is 1. The Bertz CT molecular complexity index is 494. The second-order valence-corrected chi connectivity index (χ2v) is 3.86. The number of aromatic hydroxyl groups is 1. The van der Waals surface area contributed by atoms with Crippen molar-refractivity contribution in [1.29, 1.82) is 0 Å². The van der Waals surface area contributed by atoms with Crippen LogP contribution in [-0.4, -0.2) is 20.6 Å². The third-order valence-corrected chi connectivity index (χ3v) is 2.54. The first-order valence-corrected chi connectivity index (χ1v) is 4.70. The van der Waals surface area contributed by atoms with Crippen molar-refractivity contribution in [3.8, 4) is 5.75 Å². The number of hydrogen-bond acceptors (Lipinski definition) is 3. The van der Waals surface area contributed by atoms with E-state index in [1.807, 2.05) is 0 Å². The van der Waals surface area contributed by atoms with Crippen LogP contribution in [0.1, 0.15) is 0 Å². The van der Waals surface area contributed by atoms with Crippen LogP contribution in [0.3, 0.4) is 0 Å². The number of alkyl halides is 3. The Morgan fingerprint density at radius 3 is 2.73 bits per heavy atom. The molecule has 1 heterocycles. The average Bonchev–Trinajstić information content (AvgIpc) is 2.57. The zero-order valence-electron chi connectivity index (χ0n) is 7.17. The monoisotopic (exact) mass is 234 g/mol. The molecule has 2 rings (SSSR count). The zero-order valence-corrected chi connectivity index (χ0v) is 7.99. The molecular weight excluding hydrogens is 229 g/mol. The lowest BCUT2D eigenvalue weighted by Gasteiger charge is -2.06. The van der Waals surface area contributed by atoms with Gasteiger partial charge >= 0.3 is 5.51 Å². The summed E-state index contributed by atoms with van der Waals surface area (Å²) in [6, 6.07) is 2.39. The minimum atomic E-state index is -4.35. The highest BCUT2D eigenvalue weighted by Gasteiger charge is 2.30. The van der Waals surface area contributed by atoms with Crippen molar-refractivity contribution in [3.63, 3.8) is 0 Å². The van der Waals surface area contributed by atoms with Crippen molar-refractivity contribution in [2.24, 2.45) is 0 Å². The number of phenols is 1. The third-order valence-electron chi connectivity index (χ3n) is 1.75. The van der Waals surface area contributed by atoms with E-state index in [1.54, 1.807) is 0 Å². The summed E-state index contributed by atoms with van der Waals surface area (Å²) in [7, 11) is 0. The summed E-state index contributed by atoms with van der Waals surface area (Å²) < 4.78 is 36.4. The van der Waals surface area contributed by atoms with E-state index in [0.29, 0.717) is 0 Å². The van der Waals surface area contributed by atoms with Gasteiger partial charge in [0.1, 0.15) is 11.3 Å². The molecule has 3 nitrogen and oxygen atoms in total. The lowest BCUT2D eigenvalue weighted by Crippen LogP contribution is -1.99. The topological polar surface area (TPSA) is 48.9 Å². The molecule has 0 aliphatic rings. The third kappa shape index (κ3) is 2.01. The Balaban J connectivity index is 2.53. The van der Waals surface area contributed by atoms with Crippen LogP contribution >= 0.6 is 11.8 Å². The predicted molar refractivity (Wildman–Crippen MR) is 49.7 cm³/mol. The van der Waals surface area contributed by atoms with Gasteiger partial charge in [-0.3, -0.25) is 0 Å². The van der Waals surface area contributed by atoms with Crippen LogP contribution < -0.4 is 0 Å². The van der Waals surface area contributed by atoms with Crippen molar-refractivity contribution in [2.45, 2.75) is 10.4 Å². The van der Waals surface area contributed by atoms with Crippen LogP contribution in [0.2, 0.25) is 0 Å². The predicted octanol–water partition coefficient (Wildman–Crippen LogP) is 2.88. The Kier molecular flexibility index (Phi) is 2.26. The molecule has 1 aromatic carbocycles. The Morgan fingerprint density at radius 2 is 2.07 bits per heavy atom. The molecule has 1 aromatic heterocycles. The first-order chi connectivity index (χ1) is 6.97. The quantitative estimate of drug-likeness (QED) is 0.746. The smallest absolute Gasteiger partial charge is 0.446 e. The minimum absolute atomic E-state index is 0.00667. The number of thioether (sulfide) groups is 1. The molecule has 0 aliphatic heterocycles. The molecule has 0 saturated heterocycles. The lowest BCUT2D eigenvalue weighted by atomic mass is 10.3. The normalized spacial score (nSPS) is 12.2. The molecule has 0 fully saturated rings. The SMILES string of the molecule is Oc1ccc(SC(F)(F)F)c2[nH]cnc12. The van der Waals surface area contributed by atoms with E-state index in [9.17, 15) is 18.3 Å². The number of halogens is 3. The number of nitrogens with one attached hydrogen (secondary N) is 1. The molecule has 2 N–H and O–H groups in total. The van der Waals surface area contributed by atoms with Gasteiger partial charge in [-0.1, -0.05) is 0 Å². The number of phenolic OH excluding ortho intramolecular Hbond substituents is 1. The highest BCUT2D eigenvalue weighted by molar-refractivity contribution is 8.00. The summed E-state index contributed by atoms with van der Waals surface area (Å²) in [6.45, 7) is 0. The van der Waals surface area contributed by atoms with Gasteiger partial charge in [-0.2, -0.15) is 13.2 Å². The average molecular weight is 234 g/mol. The van der Waals surface area contributed by atoms with E-state index in [-0.39, 0.29) is 33.4 Å². The van der Waals surface area contributed by atoms with Crippen LogP contribution in [-0.2, 0) is 0 Å². The number of H-pyrrole nitrogens is 1. The largest absolute Gasteiger partial charge is 0.506 e. The van der Waals surface area contributed by atoms with E-state index in [2.05, 4.69) is 9.97 Å². The van der Waals surface area contributed by atoms with Crippen LogP contribution in [0.5, 0.6) is 5.75 Å². The molecule has 0 amide bonds. The fraction of sp³-hybridized carbons (Fsp3) is 0.125. The number of imidazole rings is 1. The standard InChI is InChI=1S/C8H5F3N2OS/c9-8(10,11)15-5-2-1-4(14)6-7(5)13-3-12-6/h1-3,14H,(H,12,13). The van der Waals surface area contributed by atoms with Crippen molar-refractivity contribution < 1.29 is 18.3 Å². The molecule has 0 saturated carbocycles. The molecule has 0 unspecified atom stereocenters. The zero-order chi connectivity index (χ0) is 11.1. The van der Waals surface area contributed by atoms with Gasteiger partial charge in [-0.15, -0.1) is 0 Å². The Morgan fingerprint density at radius 1 is 1.33 bits per heavy atom. The van der Waals surface area contributed by atoms with E-state index in [4.69, 9.17) is 0 Å². The highest BCUT2D eigenvalue weighted by atomic mass is 32.2. The van der Waals surface area contributed by atoms with Crippen molar-refractivity contribution >= 4 is 22.8 Å². The van der Waals surface area contributed by atoms with Gasteiger partial charge in [0.15, 0.2) is 0 Å². The first-order valence-electron chi connectivity index (χ1n) is 3.88. The summed E-state index contributed by atoms with van der Waals surface area (Å²) in [4.78, 5) is 6.28. The van der Waals surface area contributed by atoms with Crippen LogP contribution in [0.25, 0.3) is 11.0 Å². The second kappa shape index (κ2) is 3.34. The summed E-state index contributed by atoms with van der Waals surface area (Å²) in [6.07, 6.45) is 1.24. The molecular formula is C8H5F3N2OS. The fourth-order valence-electron chi connectivity index (χ4n) is 1.20. The van der Waals surface area contributed by atoms with Crippen LogP contribution in [0.4, 0.5) is 13.2 Å². The molecule has 0 bridgehead atoms. The second-order valence-electron chi connectivity index (χ2n) is 2.76. The van der Waals surface area contributed by atoms with Gasteiger partial charge < -0.3 is 10.1 Å². The van der Waals surface area contributed by atoms with Crippen LogP contribution in [0.15, 0.2) is 23.4 Å². The summed E-state index contributed by atoms with van der Waals surface area (Å²) in [5.74, 6) is -0.141. The number of hydrogen-bond donors (Lipinski definition) is 2. The number of aromatic nitrogens is 2. The van der Waals surface area contributed by atoms with Crippen molar-refractivity contribution in [1.82, 2.24) is 9.97 Å².